The maximum absolute atomic E-state index is 11.1. The minimum atomic E-state index is -1.91. The lowest BCUT2D eigenvalue weighted by Gasteiger charge is -2.23. The normalized spacial score (nSPS) is 20.4. The molecule has 0 amide bonds. The van der Waals surface area contributed by atoms with Gasteiger partial charge in [0.2, 0.25) is 0 Å². The van der Waals surface area contributed by atoms with Crippen molar-refractivity contribution in [2.24, 2.45) is 0 Å². The Morgan fingerprint density at radius 2 is 2.26 bits per heavy atom. The predicted octanol–water partition coefficient (Wildman–Crippen LogP) is 0.0388. The molecule has 0 bridgehead atoms. The number of hydrogen-bond donors (Lipinski definition) is 2. The Bertz CT molecular complexity index is 437. The summed E-state index contributed by atoms with van der Waals surface area (Å²) in [5.74, 6) is 0. The van der Waals surface area contributed by atoms with Crippen LogP contribution in [0.25, 0.3) is 0 Å². The molecule has 0 aromatic carbocycles. The second-order valence-electron chi connectivity index (χ2n) is 4.64. The number of ether oxygens (including phenoxy) is 1. The van der Waals surface area contributed by atoms with Crippen molar-refractivity contribution < 1.29 is 19.9 Å². The third kappa shape index (κ3) is 2.46. The molecule has 1 aromatic heterocycles. The second-order valence-corrected chi connectivity index (χ2v) is 4.64. The summed E-state index contributed by atoms with van der Waals surface area (Å²) in [4.78, 5) is 10.4. The van der Waals surface area contributed by atoms with E-state index in [0.29, 0.717) is 6.61 Å². The summed E-state index contributed by atoms with van der Waals surface area (Å²) in [6.07, 6.45) is 5.34. The van der Waals surface area contributed by atoms with Crippen LogP contribution in [0.2, 0.25) is 0 Å². The van der Waals surface area contributed by atoms with Crippen LogP contribution in [0.1, 0.15) is 31.1 Å². The van der Waals surface area contributed by atoms with Crippen molar-refractivity contribution in [1.29, 1.82) is 0 Å². The molecule has 1 aliphatic heterocycles. The monoisotopic (exact) mass is 271 g/mol. The molecule has 8 nitrogen and oxygen atoms in total. The zero-order valence-corrected chi connectivity index (χ0v) is 10.4. The molecule has 1 fully saturated rings. The molecule has 1 unspecified atom stereocenters. The lowest BCUT2D eigenvalue weighted by atomic mass is 9.96. The Morgan fingerprint density at radius 1 is 1.53 bits per heavy atom. The van der Waals surface area contributed by atoms with Crippen molar-refractivity contribution in [3.63, 3.8) is 0 Å². The van der Waals surface area contributed by atoms with E-state index in [2.05, 4.69) is 5.10 Å². The van der Waals surface area contributed by atoms with E-state index in [4.69, 9.17) is 4.74 Å². The number of nitrogens with zero attached hydrogens (tertiary/aromatic N) is 3. The van der Waals surface area contributed by atoms with Crippen molar-refractivity contribution in [2.75, 3.05) is 19.8 Å². The fourth-order valence-electron chi connectivity index (χ4n) is 2.12. The van der Waals surface area contributed by atoms with E-state index in [1.807, 2.05) is 0 Å². The van der Waals surface area contributed by atoms with Gasteiger partial charge in [-0.3, -0.25) is 10.1 Å². The standard InChI is InChI=1S/C11H17N3O5/c15-7-11(8-16,14(17)18)9-5-12-13(6-9)10-3-1-2-4-19-10/h5-6,10,15-16H,1-4,7-8H2. The van der Waals surface area contributed by atoms with Gasteiger partial charge in [0, 0.05) is 17.7 Å². The van der Waals surface area contributed by atoms with Gasteiger partial charge in [0.1, 0.15) is 19.4 Å². The minimum Gasteiger partial charge on any atom is -0.388 e. The fraction of sp³-hybridized carbons (Fsp3) is 0.727. The van der Waals surface area contributed by atoms with Crippen molar-refractivity contribution >= 4 is 0 Å². The zero-order valence-electron chi connectivity index (χ0n) is 10.4. The molecule has 1 atom stereocenters. The smallest absolute Gasteiger partial charge is 0.295 e. The van der Waals surface area contributed by atoms with E-state index in [1.54, 1.807) is 0 Å². The first-order valence-corrected chi connectivity index (χ1v) is 6.16. The Morgan fingerprint density at radius 3 is 2.79 bits per heavy atom. The molecule has 8 heteroatoms. The van der Waals surface area contributed by atoms with Crippen molar-refractivity contribution in [2.45, 2.75) is 31.0 Å². The summed E-state index contributed by atoms with van der Waals surface area (Å²) in [6.45, 7) is -0.929. The van der Waals surface area contributed by atoms with Gasteiger partial charge in [-0.25, -0.2) is 4.68 Å². The van der Waals surface area contributed by atoms with Crippen molar-refractivity contribution in [3.05, 3.63) is 28.1 Å². The van der Waals surface area contributed by atoms with Crippen LogP contribution >= 0.6 is 0 Å². The molecule has 1 saturated heterocycles. The second kappa shape index (κ2) is 5.64. The SMILES string of the molecule is O=[N+]([O-])C(CO)(CO)c1cnn(C2CCCCO2)c1. The van der Waals surface area contributed by atoms with Crippen LogP contribution in [0.15, 0.2) is 12.4 Å². The molecular weight excluding hydrogens is 254 g/mol. The zero-order chi connectivity index (χ0) is 13.9. The number of rotatable bonds is 5. The van der Waals surface area contributed by atoms with Gasteiger partial charge in [-0.1, -0.05) is 0 Å². The maximum atomic E-state index is 11.1. The van der Waals surface area contributed by atoms with Crippen molar-refractivity contribution in [3.8, 4) is 0 Å². The molecule has 2 heterocycles. The number of aliphatic hydroxyl groups excluding tert-OH is 2. The Balaban J connectivity index is 2.25. The van der Waals surface area contributed by atoms with Crippen molar-refractivity contribution in [1.82, 2.24) is 9.78 Å². The first kappa shape index (κ1) is 13.9. The Labute approximate surface area is 109 Å². The molecule has 2 N–H and O–H groups in total. The van der Waals surface area contributed by atoms with Gasteiger partial charge in [0.15, 0.2) is 0 Å². The largest absolute Gasteiger partial charge is 0.388 e. The third-order valence-electron chi connectivity index (χ3n) is 3.46. The van der Waals surface area contributed by atoms with Crippen LogP contribution in [0.5, 0.6) is 0 Å². The fourth-order valence-corrected chi connectivity index (χ4v) is 2.12. The van der Waals surface area contributed by atoms with Crippen LogP contribution in [0.4, 0.5) is 0 Å². The average Bonchev–Trinajstić information content (AvgIpc) is 2.92. The van der Waals surface area contributed by atoms with E-state index in [0.717, 1.165) is 19.3 Å². The first-order chi connectivity index (χ1) is 9.14. The highest BCUT2D eigenvalue weighted by Gasteiger charge is 2.45. The number of aromatic nitrogens is 2. The molecule has 0 saturated carbocycles. The summed E-state index contributed by atoms with van der Waals surface area (Å²) < 4.78 is 7.04. The topological polar surface area (TPSA) is 111 Å². The summed E-state index contributed by atoms with van der Waals surface area (Å²) in [7, 11) is 0. The summed E-state index contributed by atoms with van der Waals surface area (Å²) in [5, 5.41) is 33.6. The third-order valence-corrected chi connectivity index (χ3v) is 3.46. The van der Waals surface area contributed by atoms with Crippen LogP contribution in [-0.2, 0) is 10.3 Å². The summed E-state index contributed by atoms with van der Waals surface area (Å²) in [5.41, 5.74) is -1.73. The predicted molar refractivity (Wildman–Crippen MR) is 63.9 cm³/mol. The number of aliphatic hydroxyl groups is 2. The van der Waals surface area contributed by atoms with E-state index < -0.39 is 23.7 Å². The summed E-state index contributed by atoms with van der Waals surface area (Å²) in [6, 6.07) is 0. The number of nitro groups is 1. The van der Waals surface area contributed by atoms with Gasteiger partial charge < -0.3 is 14.9 Å². The van der Waals surface area contributed by atoms with E-state index in [1.165, 1.54) is 17.1 Å². The lowest BCUT2D eigenvalue weighted by molar-refractivity contribution is -0.586. The molecule has 19 heavy (non-hydrogen) atoms. The molecule has 2 rings (SSSR count). The molecule has 106 valence electrons. The molecule has 0 aliphatic carbocycles. The highest BCUT2D eigenvalue weighted by atomic mass is 16.6. The van der Waals surface area contributed by atoms with Crippen LogP contribution in [0.3, 0.4) is 0 Å². The van der Waals surface area contributed by atoms with E-state index in [9.17, 15) is 20.3 Å². The van der Waals surface area contributed by atoms with Gasteiger partial charge in [-0.15, -0.1) is 0 Å². The van der Waals surface area contributed by atoms with Crippen LogP contribution in [-0.4, -0.2) is 44.7 Å². The number of hydrogen-bond acceptors (Lipinski definition) is 6. The molecule has 0 spiro atoms. The quantitative estimate of drug-likeness (QED) is 0.577. The van der Waals surface area contributed by atoms with Gasteiger partial charge in [-0.05, 0) is 19.3 Å². The highest BCUT2D eigenvalue weighted by molar-refractivity contribution is 5.16. The maximum Gasteiger partial charge on any atom is 0.295 e. The van der Waals surface area contributed by atoms with Gasteiger partial charge in [-0.2, -0.15) is 5.10 Å². The lowest BCUT2D eigenvalue weighted by Crippen LogP contribution is -2.42. The molecular formula is C11H17N3O5. The molecule has 0 radical (unpaired) electrons. The first-order valence-electron chi connectivity index (χ1n) is 6.16. The van der Waals surface area contributed by atoms with Gasteiger partial charge >= 0.3 is 0 Å². The van der Waals surface area contributed by atoms with Crippen LogP contribution < -0.4 is 0 Å². The molecule has 1 aliphatic rings. The Kier molecular flexibility index (Phi) is 4.13. The Hall–Kier alpha value is -1.51. The minimum absolute atomic E-state index is 0.177. The highest BCUT2D eigenvalue weighted by Crippen LogP contribution is 2.27. The van der Waals surface area contributed by atoms with E-state index >= 15 is 0 Å². The van der Waals surface area contributed by atoms with Crippen LogP contribution in [0, 0.1) is 10.1 Å². The van der Waals surface area contributed by atoms with Gasteiger partial charge in [0.05, 0.1) is 11.8 Å². The van der Waals surface area contributed by atoms with Gasteiger partial charge in [0.25, 0.3) is 5.54 Å². The molecule has 1 aromatic rings. The average molecular weight is 271 g/mol. The summed E-state index contributed by atoms with van der Waals surface area (Å²) >= 11 is 0. The van der Waals surface area contributed by atoms with E-state index in [-0.39, 0.29) is 11.8 Å².